The predicted molar refractivity (Wildman–Crippen MR) is 148 cm³/mol. The summed E-state index contributed by atoms with van der Waals surface area (Å²) in [4.78, 5) is 12.2. The van der Waals surface area contributed by atoms with Crippen LogP contribution in [0.1, 0.15) is 28.0 Å². The van der Waals surface area contributed by atoms with E-state index in [1.165, 1.54) is 11.3 Å². The number of nitrogen functional groups attached to an aromatic ring is 1. The van der Waals surface area contributed by atoms with Gasteiger partial charge in [-0.25, -0.2) is 23.1 Å². The van der Waals surface area contributed by atoms with Crippen molar-refractivity contribution in [3.05, 3.63) is 107 Å². The Kier molecular flexibility index (Phi) is 7.50. The first kappa shape index (κ1) is 25.6. The Morgan fingerprint density at radius 3 is 2.71 bits per heavy atom. The highest BCUT2D eigenvalue weighted by Crippen LogP contribution is 2.32. The zero-order valence-corrected chi connectivity index (χ0v) is 21.9. The lowest BCUT2D eigenvalue weighted by Crippen LogP contribution is -2.30. The molecule has 0 amide bonds. The van der Waals surface area contributed by atoms with Crippen molar-refractivity contribution in [1.29, 1.82) is 5.41 Å². The van der Waals surface area contributed by atoms with Crippen LogP contribution < -0.4 is 15.2 Å². The summed E-state index contributed by atoms with van der Waals surface area (Å²) in [6, 6.07) is 20.5. The van der Waals surface area contributed by atoms with Gasteiger partial charge < -0.3 is 15.5 Å². The molecule has 2 aromatic heterocycles. The summed E-state index contributed by atoms with van der Waals surface area (Å²) in [6.45, 7) is 0.469. The number of aromatic nitrogens is 3. The summed E-state index contributed by atoms with van der Waals surface area (Å²) in [5, 5.41) is 8.38. The first-order chi connectivity index (χ1) is 18.4. The van der Waals surface area contributed by atoms with Gasteiger partial charge in [-0.15, -0.1) is 11.3 Å². The van der Waals surface area contributed by atoms with Gasteiger partial charge in [0.2, 0.25) is 10.0 Å². The van der Waals surface area contributed by atoms with Crippen molar-refractivity contribution in [2.24, 2.45) is 5.73 Å². The number of rotatable bonds is 11. The molecular formula is C27H26N6O3S2. The van der Waals surface area contributed by atoms with Crippen LogP contribution in [0.3, 0.4) is 0 Å². The number of hydrogen-bond donors (Lipinski definition) is 4. The normalized spacial score (nSPS) is 12.4. The average molecular weight is 547 g/mol. The first-order valence-corrected chi connectivity index (χ1v) is 14.2. The molecule has 11 heteroatoms. The van der Waals surface area contributed by atoms with Crippen molar-refractivity contribution in [3.63, 3.8) is 0 Å². The van der Waals surface area contributed by atoms with Crippen LogP contribution in [0.25, 0.3) is 10.2 Å². The molecule has 5 N–H and O–H groups in total. The Balaban J connectivity index is 1.42. The fraction of sp³-hybridized carbons (Fsp3) is 0.148. The number of imidazole rings is 1. The largest absolute Gasteiger partial charge is 0.493 e. The van der Waals surface area contributed by atoms with Gasteiger partial charge in [0.1, 0.15) is 22.4 Å². The molecule has 0 aliphatic rings. The third kappa shape index (κ3) is 6.08. The molecule has 0 aliphatic carbocycles. The molecule has 5 aromatic rings. The lowest BCUT2D eigenvalue weighted by molar-refractivity contribution is 0.319. The SMILES string of the molecule is N=C(N)c1cccc(CC(NS(=O)(=O)c2ccccc2)c2nc3ccc(OCCc4ncc[nH]4)cc3s2)c1. The minimum Gasteiger partial charge on any atom is -0.493 e. The molecule has 5 rings (SSSR count). The molecule has 9 nitrogen and oxygen atoms in total. The summed E-state index contributed by atoms with van der Waals surface area (Å²) in [5.74, 6) is 1.51. The number of nitrogens with one attached hydrogen (secondary N) is 3. The quantitative estimate of drug-likeness (QED) is 0.144. The molecule has 1 unspecified atom stereocenters. The number of sulfonamides is 1. The number of hydrogen-bond acceptors (Lipinski definition) is 7. The third-order valence-electron chi connectivity index (χ3n) is 5.87. The average Bonchev–Trinajstić information content (AvgIpc) is 3.59. The monoisotopic (exact) mass is 546 g/mol. The van der Waals surface area contributed by atoms with Gasteiger partial charge in [0.05, 0.1) is 27.8 Å². The van der Waals surface area contributed by atoms with Crippen molar-refractivity contribution in [3.8, 4) is 5.75 Å². The summed E-state index contributed by atoms with van der Waals surface area (Å²) in [6.07, 6.45) is 4.47. The van der Waals surface area contributed by atoms with Gasteiger partial charge in [0.15, 0.2) is 0 Å². The van der Waals surface area contributed by atoms with Crippen LogP contribution in [-0.2, 0) is 22.9 Å². The summed E-state index contributed by atoms with van der Waals surface area (Å²) in [7, 11) is -3.82. The Morgan fingerprint density at radius 1 is 1.11 bits per heavy atom. The molecule has 0 saturated carbocycles. The van der Waals surface area contributed by atoms with E-state index in [0.29, 0.717) is 35.8 Å². The second-order valence-corrected chi connectivity index (χ2v) is 11.4. The lowest BCUT2D eigenvalue weighted by atomic mass is 10.0. The molecule has 3 aromatic carbocycles. The van der Waals surface area contributed by atoms with Crippen LogP contribution in [-0.4, -0.2) is 35.8 Å². The van der Waals surface area contributed by atoms with Crippen LogP contribution in [0.5, 0.6) is 5.75 Å². The van der Waals surface area contributed by atoms with E-state index in [4.69, 9.17) is 20.9 Å². The predicted octanol–water partition coefficient (Wildman–Crippen LogP) is 4.19. The van der Waals surface area contributed by atoms with Gasteiger partial charge in [0, 0.05) is 24.4 Å². The fourth-order valence-electron chi connectivity index (χ4n) is 4.00. The number of thiazole rings is 1. The number of benzene rings is 3. The summed E-state index contributed by atoms with van der Waals surface area (Å²) < 4.78 is 36.1. The van der Waals surface area contributed by atoms with E-state index < -0.39 is 16.1 Å². The number of aromatic amines is 1. The highest BCUT2D eigenvalue weighted by Gasteiger charge is 2.25. The minimum atomic E-state index is -3.82. The van der Waals surface area contributed by atoms with Crippen LogP contribution in [0.2, 0.25) is 0 Å². The highest BCUT2D eigenvalue weighted by atomic mass is 32.2. The molecular weight excluding hydrogens is 520 g/mol. The van der Waals surface area contributed by atoms with Crippen LogP contribution in [0.15, 0.2) is 90.1 Å². The summed E-state index contributed by atoms with van der Waals surface area (Å²) in [5.41, 5.74) is 7.84. The molecule has 2 heterocycles. The van der Waals surface area contributed by atoms with Crippen LogP contribution in [0, 0.1) is 5.41 Å². The number of fused-ring (bicyclic) bond motifs is 1. The Bertz CT molecular complexity index is 1650. The van der Waals surface area contributed by atoms with Crippen molar-refractivity contribution >= 4 is 37.4 Å². The van der Waals surface area contributed by atoms with Crippen LogP contribution in [0.4, 0.5) is 0 Å². The fourth-order valence-corrected chi connectivity index (χ4v) is 6.34. The van der Waals surface area contributed by atoms with E-state index >= 15 is 0 Å². The van der Waals surface area contributed by atoms with Gasteiger partial charge in [-0.1, -0.05) is 36.4 Å². The molecule has 38 heavy (non-hydrogen) atoms. The molecule has 0 saturated heterocycles. The first-order valence-electron chi connectivity index (χ1n) is 11.9. The van der Waals surface area contributed by atoms with E-state index in [9.17, 15) is 8.42 Å². The lowest BCUT2D eigenvalue weighted by Gasteiger charge is -2.17. The number of nitrogens with two attached hydrogens (primary N) is 1. The molecule has 0 fully saturated rings. The minimum absolute atomic E-state index is 0.0483. The van der Waals surface area contributed by atoms with Gasteiger partial charge in [-0.2, -0.15) is 0 Å². The maximum atomic E-state index is 13.3. The standard InChI is InChI=1S/C27H26N6O3S2/c28-26(29)19-6-4-5-18(15-19)16-23(33-38(34,35)21-7-2-1-3-8-21)27-32-22-10-9-20(17-24(22)37-27)36-14-11-25-30-12-13-31-25/h1-10,12-13,15,17,23,33H,11,14,16H2,(H3,28,29)(H,30,31). The second-order valence-electron chi connectivity index (χ2n) is 8.62. The van der Waals surface area contributed by atoms with E-state index in [0.717, 1.165) is 21.6 Å². The van der Waals surface area contributed by atoms with Crippen LogP contribution >= 0.6 is 11.3 Å². The number of nitrogens with zero attached hydrogens (tertiary/aromatic N) is 2. The Labute approximate surface area is 224 Å². The molecule has 0 aliphatic heterocycles. The molecule has 0 spiro atoms. The number of ether oxygens (including phenoxy) is 1. The number of amidine groups is 1. The second kappa shape index (κ2) is 11.1. The van der Waals surface area contributed by atoms with E-state index in [1.807, 2.05) is 24.3 Å². The third-order valence-corrected chi connectivity index (χ3v) is 8.49. The molecule has 1 atom stereocenters. The summed E-state index contributed by atoms with van der Waals surface area (Å²) >= 11 is 1.41. The topological polar surface area (TPSA) is 147 Å². The van der Waals surface area contributed by atoms with Gasteiger partial charge in [-0.05, 0) is 48.4 Å². The zero-order chi connectivity index (χ0) is 26.5. The molecule has 194 valence electrons. The Hall–Kier alpha value is -4.06. The van der Waals surface area contributed by atoms with Crippen molar-refractivity contribution in [2.75, 3.05) is 6.61 Å². The van der Waals surface area contributed by atoms with Gasteiger partial charge >= 0.3 is 0 Å². The van der Waals surface area contributed by atoms with E-state index in [-0.39, 0.29) is 10.7 Å². The van der Waals surface area contributed by atoms with E-state index in [1.54, 1.807) is 60.9 Å². The van der Waals surface area contributed by atoms with Crippen molar-refractivity contribution in [1.82, 2.24) is 19.7 Å². The van der Waals surface area contributed by atoms with Crippen molar-refractivity contribution in [2.45, 2.75) is 23.8 Å². The zero-order valence-electron chi connectivity index (χ0n) is 20.3. The van der Waals surface area contributed by atoms with Crippen molar-refractivity contribution < 1.29 is 13.2 Å². The maximum absolute atomic E-state index is 13.3. The molecule has 0 radical (unpaired) electrons. The smallest absolute Gasteiger partial charge is 0.241 e. The van der Waals surface area contributed by atoms with E-state index in [2.05, 4.69) is 14.7 Å². The highest BCUT2D eigenvalue weighted by molar-refractivity contribution is 7.89. The Morgan fingerprint density at radius 2 is 1.95 bits per heavy atom. The van der Waals surface area contributed by atoms with Gasteiger partial charge in [-0.3, -0.25) is 5.41 Å². The molecule has 0 bridgehead atoms. The van der Waals surface area contributed by atoms with Gasteiger partial charge in [0.25, 0.3) is 0 Å². The maximum Gasteiger partial charge on any atom is 0.241 e. The number of H-pyrrole nitrogens is 1.